The Labute approximate surface area is 70.5 Å². The van der Waals surface area contributed by atoms with Gasteiger partial charge in [-0.2, -0.15) is 0 Å². The second-order valence-corrected chi connectivity index (χ2v) is 1.84. The smallest absolute Gasteiger partial charge is 0.354 e. The molecule has 2 N–H and O–H groups in total. The van der Waals surface area contributed by atoms with Gasteiger partial charge < -0.3 is 10.2 Å². The van der Waals surface area contributed by atoms with Crippen molar-refractivity contribution in [1.29, 1.82) is 0 Å². The Balaban J connectivity index is 0.000000354. The van der Waals surface area contributed by atoms with Crippen LogP contribution in [0.4, 0.5) is 0 Å². The van der Waals surface area contributed by atoms with Crippen molar-refractivity contribution in [1.82, 2.24) is 4.98 Å². The van der Waals surface area contributed by atoms with E-state index in [1.165, 1.54) is 12.3 Å². The zero-order chi connectivity index (χ0) is 9.40. The highest BCUT2D eigenvalue weighted by Crippen LogP contribution is 1.90. The fourth-order valence-electron chi connectivity index (χ4n) is 0.489. The van der Waals surface area contributed by atoms with Crippen molar-refractivity contribution >= 4 is 5.97 Å². The lowest BCUT2D eigenvalue weighted by Crippen LogP contribution is -1.97. The number of aromatic nitrogens is 1. The average molecular weight is 169 g/mol. The molecular weight excluding hydrogens is 158 g/mol. The van der Waals surface area contributed by atoms with Gasteiger partial charge in [-0.05, 0) is 19.1 Å². The molecule has 1 rings (SSSR count). The zero-order valence-corrected chi connectivity index (χ0v) is 6.77. The van der Waals surface area contributed by atoms with Crippen LogP contribution in [0.15, 0.2) is 24.4 Å². The Kier molecular flexibility index (Phi) is 5.55. The van der Waals surface area contributed by atoms with Gasteiger partial charge in [-0.15, -0.1) is 0 Å². The lowest BCUT2D eigenvalue weighted by Gasteiger charge is -1.87. The predicted molar refractivity (Wildman–Crippen MR) is 44.0 cm³/mol. The van der Waals surface area contributed by atoms with Crippen LogP contribution >= 0.6 is 0 Å². The van der Waals surface area contributed by atoms with Crippen molar-refractivity contribution in [2.24, 2.45) is 0 Å². The van der Waals surface area contributed by atoms with Crippen LogP contribution in [0.25, 0.3) is 0 Å². The summed E-state index contributed by atoms with van der Waals surface area (Å²) in [6.45, 7) is 1.93. The van der Waals surface area contributed by atoms with Crippen LogP contribution in [-0.2, 0) is 0 Å². The summed E-state index contributed by atoms with van der Waals surface area (Å²) in [5, 5.41) is 15.9. The Hall–Kier alpha value is -1.42. The fourth-order valence-corrected chi connectivity index (χ4v) is 0.489. The van der Waals surface area contributed by atoms with Gasteiger partial charge in [-0.25, -0.2) is 9.78 Å². The first-order valence-electron chi connectivity index (χ1n) is 3.47. The Morgan fingerprint density at radius 1 is 1.58 bits per heavy atom. The molecule has 0 spiro atoms. The molecule has 4 nitrogen and oxygen atoms in total. The van der Waals surface area contributed by atoms with E-state index < -0.39 is 5.97 Å². The molecule has 0 aromatic carbocycles. The minimum absolute atomic E-state index is 0.0810. The summed E-state index contributed by atoms with van der Waals surface area (Å²) >= 11 is 0. The second kappa shape index (κ2) is 6.30. The first-order chi connectivity index (χ1) is 5.72. The molecule has 0 aliphatic heterocycles. The maximum atomic E-state index is 10.1. The van der Waals surface area contributed by atoms with E-state index in [1.807, 2.05) is 0 Å². The molecule has 66 valence electrons. The molecule has 0 atom stereocenters. The third-order valence-corrected chi connectivity index (χ3v) is 0.884. The van der Waals surface area contributed by atoms with Gasteiger partial charge in [0.2, 0.25) is 0 Å². The lowest BCUT2D eigenvalue weighted by molar-refractivity contribution is 0.0690. The SMILES string of the molecule is CCO.O=C(O)c1ccccn1. The largest absolute Gasteiger partial charge is 0.477 e. The molecule has 0 saturated heterocycles. The normalized spacial score (nSPS) is 8.17. The topological polar surface area (TPSA) is 70.4 Å². The number of aliphatic hydroxyl groups is 1. The summed E-state index contributed by atoms with van der Waals surface area (Å²) in [4.78, 5) is 13.7. The van der Waals surface area contributed by atoms with Crippen molar-refractivity contribution < 1.29 is 15.0 Å². The maximum Gasteiger partial charge on any atom is 0.354 e. The summed E-state index contributed by atoms with van der Waals surface area (Å²) in [5.41, 5.74) is 0.0810. The van der Waals surface area contributed by atoms with Crippen LogP contribution in [0.1, 0.15) is 17.4 Å². The first-order valence-corrected chi connectivity index (χ1v) is 3.47. The molecule has 0 aliphatic rings. The molecule has 1 heterocycles. The number of rotatable bonds is 1. The number of carbonyl (C=O) groups is 1. The first kappa shape index (κ1) is 10.6. The van der Waals surface area contributed by atoms with Crippen molar-refractivity contribution in [3.8, 4) is 0 Å². The van der Waals surface area contributed by atoms with E-state index in [0.717, 1.165) is 0 Å². The van der Waals surface area contributed by atoms with Gasteiger partial charge in [-0.1, -0.05) is 6.07 Å². The van der Waals surface area contributed by atoms with E-state index in [0.29, 0.717) is 0 Å². The lowest BCUT2D eigenvalue weighted by atomic mass is 10.4. The van der Waals surface area contributed by atoms with Crippen LogP contribution in [0.3, 0.4) is 0 Å². The van der Waals surface area contributed by atoms with Gasteiger partial charge in [-0.3, -0.25) is 0 Å². The third-order valence-electron chi connectivity index (χ3n) is 0.884. The monoisotopic (exact) mass is 169 g/mol. The summed E-state index contributed by atoms with van der Waals surface area (Å²) < 4.78 is 0. The summed E-state index contributed by atoms with van der Waals surface area (Å²) in [6, 6.07) is 4.76. The summed E-state index contributed by atoms with van der Waals surface area (Å²) in [7, 11) is 0. The van der Waals surface area contributed by atoms with Gasteiger partial charge in [0.05, 0.1) is 0 Å². The van der Waals surface area contributed by atoms with E-state index in [1.54, 1.807) is 19.1 Å². The summed E-state index contributed by atoms with van der Waals surface area (Å²) in [5.74, 6) is -0.990. The number of carboxylic acids is 1. The maximum absolute atomic E-state index is 10.1. The van der Waals surface area contributed by atoms with Crippen LogP contribution in [0.5, 0.6) is 0 Å². The number of pyridine rings is 1. The van der Waals surface area contributed by atoms with E-state index in [2.05, 4.69) is 4.98 Å². The molecular formula is C8H11NO3. The quantitative estimate of drug-likeness (QED) is 0.651. The molecule has 0 fully saturated rings. The Morgan fingerprint density at radius 3 is 2.42 bits per heavy atom. The van der Waals surface area contributed by atoms with Crippen LogP contribution < -0.4 is 0 Å². The molecule has 0 aliphatic carbocycles. The average Bonchev–Trinajstić information content (AvgIpc) is 2.07. The van der Waals surface area contributed by atoms with Gasteiger partial charge >= 0.3 is 5.97 Å². The Morgan fingerprint density at radius 2 is 2.17 bits per heavy atom. The third kappa shape index (κ3) is 4.40. The van der Waals surface area contributed by atoms with Crippen LogP contribution in [0, 0.1) is 0 Å². The van der Waals surface area contributed by atoms with Gasteiger partial charge in [0.15, 0.2) is 0 Å². The molecule has 1 aromatic rings. The molecule has 0 unspecified atom stereocenters. The number of carboxylic acid groups (broad SMARTS) is 1. The minimum Gasteiger partial charge on any atom is -0.477 e. The molecule has 0 saturated carbocycles. The number of nitrogens with zero attached hydrogens (tertiary/aromatic N) is 1. The number of hydrogen-bond acceptors (Lipinski definition) is 3. The van der Waals surface area contributed by atoms with E-state index in [9.17, 15) is 4.79 Å². The standard InChI is InChI=1S/C6H5NO2.C2H6O/c8-6(9)5-3-1-2-4-7-5;1-2-3/h1-4H,(H,8,9);3H,2H2,1H3. The molecule has 0 bridgehead atoms. The Bertz CT molecular complexity index is 223. The second-order valence-electron chi connectivity index (χ2n) is 1.84. The van der Waals surface area contributed by atoms with Crippen molar-refractivity contribution in [2.45, 2.75) is 6.92 Å². The van der Waals surface area contributed by atoms with Gasteiger partial charge in [0, 0.05) is 12.8 Å². The molecule has 1 aromatic heterocycles. The molecule has 0 radical (unpaired) electrons. The highest BCUT2D eigenvalue weighted by Gasteiger charge is 1.98. The van der Waals surface area contributed by atoms with Crippen LogP contribution in [-0.4, -0.2) is 27.8 Å². The summed E-state index contributed by atoms with van der Waals surface area (Å²) in [6.07, 6.45) is 1.45. The highest BCUT2D eigenvalue weighted by molar-refractivity contribution is 5.85. The van der Waals surface area contributed by atoms with Gasteiger partial charge in [0.1, 0.15) is 5.69 Å². The number of hydrogen-bond donors (Lipinski definition) is 2. The van der Waals surface area contributed by atoms with Crippen molar-refractivity contribution in [3.05, 3.63) is 30.1 Å². The zero-order valence-electron chi connectivity index (χ0n) is 6.77. The van der Waals surface area contributed by atoms with Gasteiger partial charge in [0.25, 0.3) is 0 Å². The fraction of sp³-hybridized carbons (Fsp3) is 0.250. The highest BCUT2D eigenvalue weighted by atomic mass is 16.4. The molecule has 4 heteroatoms. The molecule has 12 heavy (non-hydrogen) atoms. The van der Waals surface area contributed by atoms with Crippen molar-refractivity contribution in [2.75, 3.05) is 6.61 Å². The minimum atomic E-state index is -0.990. The van der Waals surface area contributed by atoms with E-state index in [-0.39, 0.29) is 12.3 Å². The van der Waals surface area contributed by atoms with E-state index in [4.69, 9.17) is 10.2 Å². The number of aliphatic hydroxyl groups excluding tert-OH is 1. The van der Waals surface area contributed by atoms with Crippen LogP contribution in [0.2, 0.25) is 0 Å². The van der Waals surface area contributed by atoms with E-state index >= 15 is 0 Å². The number of aromatic carboxylic acids is 1. The van der Waals surface area contributed by atoms with Crippen molar-refractivity contribution in [3.63, 3.8) is 0 Å². The molecule has 0 amide bonds. The predicted octanol–water partition coefficient (Wildman–Crippen LogP) is 0.778.